The van der Waals surface area contributed by atoms with Crippen LogP contribution >= 0.6 is 0 Å². The Morgan fingerprint density at radius 2 is 1.11 bits per heavy atom. The second-order valence-corrected chi connectivity index (χ2v) is 14.9. The Hall–Kier alpha value is -5.94. The molecule has 6 heterocycles. The largest absolute Gasteiger partial charge is 1.00 e. The minimum atomic E-state index is -0.321. The van der Waals surface area contributed by atoms with Crippen molar-refractivity contribution in [2.24, 2.45) is 5.73 Å². The SMILES string of the molecule is CCOC(=O)c1ccc(-c2cnn3c(-c4cccc(-n5cccn5)c4)cnc3c2)cc1.NCCO.O=C(NCCO)c1ccc(-c2cnn3c(-c4cccc(-n5cccn5)c4)cnc3c2)cc1.O=CO[O-].[H-].[K+].[K+]. The Kier molecular flexibility index (Phi) is 23.6. The van der Waals surface area contributed by atoms with Gasteiger partial charge >= 0.3 is 109 Å². The maximum Gasteiger partial charge on any atom is 1.00 e. The molecule has 0 saturated heterocycles. The molecular weight excluding hydrogens is 987 g/mol. The summed E-state index contributed by atoms with van der Waals surface area (Å²) in [7, 11) is 0. The number of nitrogens with two attached hydrogens (primary N) is 1. The minimum Gasteiger partial charge on any atom is -1.00 e. The van der Waals surface area contributed by atoms with Crippen molar-refractivity contribution in [3.05, 3.63) is 182 Å². The van der Waals surface area contributed by atoms with Gasteiger partial charge in [0.15, 0.2) is 11.3 Å². The molecule has 73 heavy (non-hydrogen) atoms. The fourth-order valence-corrected chi connectivity index (χ4v) is 7.02. The number of carbonyl (C=O) groups is 3. The Bertz CT molecular complexity index is 3300. The van der Waals surface area contributed by atoms with Crippen molar-refractivity contribution in [2.45, 2.75) is 6.92 Å². The molecule has 0 aliphatic rings. The van der Waals surface area contributed by atoms with Crippen molar-refractivity contribution in [3.63, 3.8) is 0 Å². The molecule has 20 nitrogen and oxygen atoms in total. The number of amides is 1. The van der Waals surface area contributed by atoms with Crippen LogP contribution in [0, 0.1) is 0 Å². The van der Waals surface area contributed by atoms with Gasteiger partial charge in [-0.25, -0.2) is 33.2 Å². The van der Waals surface area contributed by atoms with Gasteiger partial charge in [-0.05, 0) is 90.8 Å². The summed E-state index contributed by atoms with van der Waals surface area (Å²) in [5.41, 5.74) is 16.7. The number of fused-ring (bicyclic) bond motifs is 2. The molecule has 0 unspecified atom stereocenters. The molecule has 4 aromatic carbocycles. The molecule has 0 bridgehead atoms. The zero-order chi connectivity index (χ0) is 50.0. The van der Waals surface area contributed by atoms with Gasteiger partial charge in [-0.15, -0.1) is 0 Å². The molecule has 0 atom stereocenters. The summed E-state index contributed by atoms with van der Waals surface area (Å²) in [6, 6.07) is 38.4. The third-order valence-electron chi connectivity index (χ3n) is 10.3. The third kappa shape index (κ3) is 15.3. The predicted molar refractivity (Wildman–Crippen MR) is 262 cm³/mol. The fraction of sp³-hybridized carbons (Fsp3) is 0.118. The summed E-state index contributed by atoms with van der Waals surface area (Å²) in [5, 5.41) is 45.5. The van der Waals surface area contributed by atoms with E-state index in [4.69, 9.17) is 30.7 Å². The van der Waals surface area contributed by atoms with Crippen LogP contribution in [0.1, 0.15) is 29.1 Å². The summed E-state index contributed by atoms with van der Waals surface area (Å²) in [5.74, 6) is -0.535. The van der Waals surface area contributed by atoms with E-state index in [1.807, 2.05) is 134 Å². The van der Waals surface area contributed by atoms with Gasteiger partial charge in [0.2, 0.25) is 0 Å². The zero-order valence-corrected chi connectivity index (χ0v) is 46.4. The van der Waals surface area contributed by atoms with E-state index in [2.05, 4.69) is 46.6 Å². The van der Waals surface area contributed by atoms with E-state index in [1.54, 1.807) is 56.0 Å². The Morgan fingerprint density at radius 1 is 0.644 bits per heavy atom. The van der Waals surface area contributed by atoms with Gasteiger partial charge in [0.05, 0.1) is 72.9 Å². The summed E-state index contributed by atoms with van der Waals surface area (Å²) in [4.78, 5) is 44.2. The Labute approximate surface area is 505 Å². The van der Waals surface area contributed by atoms with Crippen molar-refractivity contribution in [3.8, 4) is 56.1 Å². The molecule has 0 aliphatic heterocycles. The van der Waals surface area contributed by atoms with E-state index in [1.165, 1.54) is 0 Å². The number of carbonyl (C=O) groups excluding carboxylic acids is 3. The molecule has 362 valence electrons. The number of aliphatic hydroxyl groups is 2. The number of hydrogen-bond donors (Lipinski definition) is 4. The standard InChI is InChI=1S/C24H20N6O2.C24H19N5O2.C2H7NO.CH2O3.2K.H/c31-12-10-25-24(32)18-7-5-17(6-8-18)20-14-23-26-16-22(30(23)28-15-20)19-3-1-4-21(13-19)29-11-2-9-27-29;1-2-31-24(30)18-9-7-17(8-10-18)20-14-23-25-16-22(29(23)27-15-20)19-5-3-6-21(13-19)28-12-4-11-26-28;3-1-2-4;2-1-4-3;;;/h1-9,11,13-16,31H,10,12H2,(H,25,32);3-16H,2H2,1H3;4H,1-3H2;1,3H;;;/q;;;;2*+1;-1/p-1. The molecule has 5 N–H and O–H groups in total. The molecule has 0 radical (unpaired) electrons. The van der Waals surface area contributed by atoms with Crippen LogP contribution in [0.3, 0.4) is 0 Å². The number of ether oxygens (including phenoxy) is 1. The van der Waals surface area contributed by atoms with Crippen molar-refractivity contribution in [1.29, 1.82) is 0 Å². The van der Waals surface area contributed by atoms with Crippen LogP contribution in [-0.2, 0) is 14.4 Å². The second-order valence-electron chi connectivity index (χ2n) is 14.9. The van der Waals surface area contributed by atoms with Crippen LogP contribution in [0.15, 0.2) is 171 Å². The zero-order valence-electron chi connectivity index (χ0n) is 41.2. The number of benzene rings is 4. The predicted octanol–water partition coefficient (Wildman–Crippen LogP) is -1.11. The molecule has 10 aromatic rings. The first-order valence-corrected chi connectivity index (χ1v) is 22.0. The monoisotopic (exact) mass is 1030 g/mol. The number of nitrogens with one attached hydrogen (secondary N) is 1. The van der Waals surface area contributed by atoms with Crippen LogP contribution in [0.25, 0.3) is 67.4 Å². The van der Waals surface area contributed by atoms with Gasteiger partial charge in [-0.1, -0.05) is 48.5 Å². The van der Waals surface area contributed by atoms with Gasteiger partial charge in [0.1, 0.15) is 0 Å². The molecule has 0 fully saturated rings. The van der Waals surface area contributed by atoms with Gasteiger partial charge in [0.25, 0.3) is 12.4 Å². The van der Waals surface area contributed by atoms with Gasteiger partial charge < -0.3 is 37.6 Å². The number of hydrogen-bond acceptors (Lipinski definition) is 15. The molecule has 6 aromatic heterocycles. The third-order valence-corrected chi connectivity index (χ3v) is 10.3. The molecular formula is C51H48K2N12O8. The molecule has 0 spiro atoms. The Morgan fingerprint density at radius 3 is 1.51 bits per heavy atom. The van der Waals surface area contributed by atoms with E-state index in [-0.39, 0.29) is 142 Å². The number of rotatable bonds is 13. The summed E-state index contributed by atoms with van der Waals surface area (Å²) in [6.07, 6.45) is 14.5. The topological polar surface area (TPSA) is 267 Å². The van der Waals surface area contributed by atoms with Gasteiger partial charge in [-0.3, -0.25) is 9.59 Å². The normalized spacial score (nSPS) is 10.2. The maximum absolute atomic E-state index is 12.0. The van der Waals surface area contributed by atoms with Gasteiger partial charge in [-0.2, -0.15) is 20.4 Å². The van der Waals surface area contributed by atoms with Crippen molar-refractivity contribution >= 4 is 29.6 Å². The number of nitrogens with zero attached hydrogens (tertiary/aromatic N) is 10. The van der Waals surface area contributed by atoms with Crippen molar-refractivity contribution in [1.82, 2.24) is 54.1 Å². The molecule has 22 heteroatoms. The summed E-state index contributed by atoms with van der Waals surface area (Å²) in [6.45, 7) is 2.58. The quantitative estimate of drug-likeness (QED) is 0.0351. The van der Waals surface area contributed by atoms with E-state index in [0.29, 0.717) is 24.3 Å². The first-order valence-electron chi connectivity index (χ1n) is 22.0. The van der Waals surface area contributed by atoms with E-state index in [0.717, 1.165) is 67.4 Å². The van der Waals surface area contributed by atoms with Crippen LogP contribution < -0.4 is 119 Å². The molecule has 10 rings (SSSR count). The van der Waals surface area contributed by atoms with E-state index < -0.39 is 0 Å². The maximum atomic E-state index is 12.0. The molecule has 0 saturated carbocycles. The molecule has 1 amide bonds. The molecule has 0 aliphatic carbocycles. The summed E-state index contributed by atoms with van der Waals surface area (Å²) < 4.78 is 12.3. The van der Waals surface area contributed by atoms with Crippen molar-refractivity contribution < 1.29 is 144 Å². The van der Waals surface area contributed by atoms with Crippen LogP contribution in [-0.4, -0.2) is 110 Å². The van der Waals surface area contributed by atoms with Crippen molar-refractivity contribution in [2.75, 3.05) is 32.9 Å². The number of aromatic nitrogens is 10. The van der Waals surface area contributed by atoms with E-state index >= 15 is 0 Å². The minimum absolute atomic E-state index is 0. The van der Waals surface area contributed by atoms with Gasteiger partial charge in [0, 0.05) is 65.7 Å². The smallest absolute Gasteiger partial charge is 1.00 e. The average Bonchev–Trinajstić information content (AvgIpc) is 4.29. The van der Waals surface area contributed by atoms with Crippen LogP contribution in [0.2, 0.25) is 0 Å². The first-order chi connectivity index (χ1) is 34.8. The Balaban J connectivity index is 0.000000271. The average molecular weight is 1040 g/mol. The second kappa shape index (κ2) is 29.7. The first kappa shape index (κ1) is 58.0. The van der Waals surface area contributed by atoms with E-state index in [9.17, 15) is 9.59 Å². The number of imidazole rings is 2. The number of aliphatic hydroxyl groups excluding tert-OH is 2. The van der Waals surface area contributed by atoms with Crippen LogP contribution in [0.4, 0.5) is 0 Å². The fourth-order valence-electron chi connectivity index (χ4n) is 7.02. The van der Waals surface area contributed by atoms with Crippen LogP contribution in [0.5, 0.6) is 0 Å². The number of esters is 1. The summed E-state index contributed by atoms with van der Waals surface area (Å²) >= 11 is 0.